The molecule has 2 rings (SSSR count). The number of amides is 1. The van der Waals surface area contributed by atoms with Crippen LogP contribution < -0.4 is 5.32 Å². The summed E-state index contributed by atoms with van der Waals surface area (Å²) in [4.78, 5) is 22.3. The molecule has 1 aliphatic rings. The number of aliphatic carboxylic acids is 1. The minimum absolute atomic E-state index is 0.265. The second kappa shape index (κ2) is 5.86. The maximum atomic E-state index is 11.7. The molecule has 19 heavy (non-hydrogen) atoms. The Bertz CT molecular complexity index is 465. The van der Waals surface area contributed by atoms with Crippen molar-refractivity contribution in [3.8, 4) is 0 Å². The fourth-order valence-electron chi connectivity index (χ4n) is 1.78. The fraction of sp³-hybridized carbons (Fsp3) is 0.615. The lowest BCUT2D eigenvalue weighted by molar-refractivity contribution is -0.141. The number of rotatable bonds is 7. The highest BCUT2D eigenvalue weighted by Gasteiger charge is 2.28. The first-order valence-electron chi connectivity index (χ1n) is 6.55. The lowest BCUT2D eigenvalue weighted by atomic mass is 10.1. The van der Waals surface area contributed by atoms with E-state index in [-0.39, 0.29) is 11.8 Å². The van der Waals surface area contributed by atoms with Gasteiger partial charge in [-0.25, -0.2) is 0 Å². The Balaban J connectivity index is 1.70. The van der Waals surface area contributed by atoms with Gasteiger partial charge in [0.1, 0.15) is 5.76 Å². The van der Waals surface area contributed by atoms with Gasteiger partial charge in [0.25, 0.3) is 5.91 Å². The van der Waals surface area contributed by atoms with Crippen LogP contribution in [0.1, 0.15) is 54.8 Å². The zero-order valence-corrected chi connectivity index (χ0v) is 10.9. The van der Waals surface area contributed by atoms with Crippen molar-refractivity contribution in [1.82, 2.24) is 10.5 Å². The predicted molar refractivity (Wildman–Crippen MR) is 66.8 cm³/mol. The average Bonchev–Trinajstić information content (AvgIpc) is 3.11. The Hall–Kier alpha value is -1.85. The highest BCUT2D eigenvalue weighted by atomic mass is 16.5. The van der Waals surface area contributed by atoms with Crippen molar-refractivity contribution in [3.63, 3.8) is 0 Å². The van der Waals surface area contributed by atoms with E-state index in [2.05, 4.69) is 10.5 Å². The van der Waals surface area contributed by atoms with E-state index in [1.807, 2.05) is 0 Å². The van der Waals surface area contributed by atoms with E-state index in [1.54, 1.807) is 13.0 Å². The molecule has 1 aromatic heterocycles. The van der Waals surface area contributed by atoms with Crippen molar-refractivity contribution in [1.29, 1.82) is 0 Å². The number of nitrogens with one attached hydrogen (secondary N) is 1. The van der Waals surface area contributed by atoms with Crippen LogP contribution in [-0.4, -0.2) is 28.7 Å². The van der Waals surface area contributed by atoms with E-state index in [0.717, 1.165) is 18.6 Å². The van der Waals surface area contributed by atoms with Gasteiger partial charge in [0.05, 0.1) is 5.92 Å². The molecule has 1 fully saturated rings. The van der Waals surface area contributed by atoms with Crippen molar-refractivity contribution < 1.29 is 19.2 Å². The van der Waals surface area contributed by atoms with Crippen LogP contribution >= 0.6 is 0 Å². The van der Waals surface area contributed by atoms with Crippen LogP contribution in [0.15, 0.2) is 10.6 Å². The van der Waals surface area contributed by atoms with E-state index in [1.165, 1.54) is 0 Å². The SMILES string of the molecule is CC(CCCNC(=O)c1cc(C2CC2)on1)C(=O)O. The number of carbonyl (C=O) groups is 2. The van der Waals surface area contributed by atoms with Crippen molar-refractivity contribution in [2.75, 3.05) is 6.54 Å². The van der Waals surface area contributed by atoms with Gasteiger partial charge in [-0.2, -0.15) is 0 Å². The van der Waals surface area contributed by atoms with Crippen molar-refractivity contribution in [2.45, 2.75) is 38.5 Å². The highest BCUT2D eigenvalue weighted by Crippen LogP contribution is 2.40. The summed E-state index contributed by atoms with van der Waals surface area (Å²) in [5.41, 5.74) is 0.299. The summed E-state index contributed by atoms with van der Waals surface area (Å²) >= 11 is 0. The smallest absolute Gasteiger partial charge is 0.306 e. The van der Waals surface area contributed by atoms with E-state index >= 15 is 0 Å². The Morgan fingerprint density at radius 3 is 2.95 bits per heavy atom. The number of hydrogen-bond acceptors (Lipinski definition) is 4. The maximum Gasteiger partial charge on any atom is 0.306 e. The molecule has 104 valence electrons. The van der Waals surface area contributed by atoms with Gasteiger partial charge >= 0.3 is 5.97 Å². The summed E-state index contributed by atoms with van der Waals surface area (Å²) in [7, 11) is 0. The van der Waals surface area contributed by atoms with Crippen molar-refractivity contribution >= 4 is 11.9 Å². The summed E-state index contributed by atoms with van der Waals surface area (Å²) in [6.45, 7) is 2.10. The minimum atomic E-state index is -0.808. The molecule has 1 amide bonds. The maximum absolute atomic E-state index is 11.7. The number of carbonyl (C=O) groups excluding carboxylic acids is 1. The zero-order chi connectivity index (χ0) is 13.8. The van der Waals surface area contributed by atoms with Gasteiger partial charge in [-0.3, -0.25) is 9.59 Å². The number of nitrogens with zero attached hydrogens (tertiary/aromatic N) is 1. The van der Waals surface area contributed by atoms with Crippen LogP contribution in [0.25, 0.3) is 0 Å². The van der Waals surface area contributed by atoms with E-state index in [4.69, 9.17) is 9.63 Å². The molecule has 6 nitrogen and oxygen atoms in total. The van der Waals surface area contributed by atoms with Crippen molar-refractivity contribution in [3.05, 3.63) is 17.5 Å². The molecule has 1 heterocycles. The molecule has 0 radical (unpaired) electrons. The predicted octanol–water partition coefficient (Wildman–Crippen LogP) is 1.78. The summed E-state index contributed by atoms with van der Waals surface area (Å²) in [6, 6.07) is 1.69. The second-order valence-electron chi connectivity index (χ2n) is 5.03. The van der Waals surface area contributed by atoms with E-state index < -0.39 is 5.97 Å². The highest BCUT2D eigenvalue weighted by molar-refractivity contribution is 5.92. The summed E-state index contributed by atoms with van der Waals surface area (Å²) in [5, 5.41) is 15.2. The molecule has 0 aromatic carbocycles. The molecule has 1 aliphatic carbocycles. The number of hydrogen-bond donors (Lipinski definition) is 2. The first-order valence-corrected chi connectivity index (χ1v) is 6.55. The zero-order valence-electron chi connectivity index (χ0n) is 10.9. The average molecular weight is 266 g/mol. The fourth-order valence-corrected chi connectivity index (χ4v) is 1.78. The van der Waals surface area contributed by atoms with Crippen LogP contribution in [0, 0.1) is 5.92 Å². The number of aromatic nitrogens is 1. The van der Waals surface area contributed by atoms with E-state index in [9.17, 15) is 9.59 Å². The third kappa shape index (κ3) is 3.81. The largest absolute Gasteiger partial charge is 0.481 e. The normalized spacial score (nSPS) is 16.1. The Morgan fingerprint density at radius 2 is 2.32 bits per heavy atom. The lowest BCUT2D eigenvalue weighted by Crippen LogP contribution is -2.25. The quantitative estimate of drug-likeness (QED) is 0.734. The van der Waals surface area contributed by atoms with Gasteiger partial charge in [0, 0.05) is 18.5 Å². The van der Waals surface area contributed by atoms with E-state index in [0.29, 0.717) is 31.0 Å². The molecule has 1 atom stereocenters. The molecule has 2 N–H and O–H groups in total. The summed E-state index contributed by atoms with van der Waals surface area (Å²) in [6.07, 6.45) is 3.38. The molecule has 1 saturated carbocycles. The minimum Gasteiger partial charge on any atom is -0.481 e. The summed E-state index contributed by atoms with van der Waals surface area (Å²) < 4.78 is 5.10. The molecule has 0 bridgehead atoms. The van der Waals surface area contributed by atoms with Crippen LogP contribution in [0.3, 0.4) is 0 Å². The summed E-state index contributed by atoms with van der Waals surface area (Å²) in [5.74, 6) is -0.240. The Kier molecular flexibility index (Phi) is 4.19. The molecular weight excluding hydrogens is 248 g/mol. The standard InChI is InChI=1S/C13H18N2O4/c1-8(13(17)18)3-2-6-14-12(16)10-7-11(19-15-10)9-4-5-9/h7-9H,2-6H2,1H3,(H,14,16)(H,17,18). The third-order valence-electron chi connectivity index (χ3n) is 3.26. The molecule has 0 spiro atoms. The molecular formula is C13H18N2O4. The molecule has 1 aromatic rings. The Morgan fingerprint density at radius 1 is 1.58 bits per heavy atom. The van der Waals surface area contributed by atoms with Crippen LogP contribution in [0.5, 0.6) is 0 Å². The molecule has 1 unspecified atom stereocenters. The van der Waals surface area contributed by atoms with Crippen LogP contribution in [0.2, 0.25) is 0 Å². The van der Waals surface area contributed by atoms with Gasteiger partial charge in [-0.05, 0) is 25.7 Å². The molecule has 6 heteroatoms. The number of carboxylic acid groups (broad SMARTS) is 1. The monoisotopic (exact) mass is 266 g/mol. The lowest BCUT2D eigenvalue weighted by Gasteiger charge is -2.06. The van der Waals surface area contributed by atoms with Crippen LogP contribution in [0.4, 0.5) is 0 Å². The second-order valence-corrected chi connectivity index (χ2v) is 5.03. The van der Waals surface area contributed by atoms with Crippen LogP contribution in [-0.2, 0) is 4.79 Å². The van der Waals surface area contributed by atoms with Gasteiger partial charge in [-0.1, -0.05) is 12.1 Å². The van der Waals surface area contributed by atoms with Gasteiger partial charge < -0.3 is 14.9 Å². The first-order chi connectivity index (χ1) is 9.08. The Labute approximate surface area is 111 Å². The molecule has 0 saturated heterocycles. The van der Waals surface area contributed by atoms with Crippen molar-refractivity contribution in [2.24, 2.45) is 5.92 Å². The molecule has 0 aliphatic heterocycles. The van der Waals surface area contributed by atoms with Gasteiger partial charge in [0.15, 0.2) is 5.69 Å². The topological polar surface area (TPSA) is 92.4 Å². The van der Waals surface area contributed by atoms with Gasteiger partial charge in [0.2, 0.25) is 0 Å². The van der Waals surface area contributed by atoms with Gasteiger partial charge in [-0.15, -0.1) is 0 Å². The first kappa shape index (κ1) is 13.6. The third-order valence-corrected chi connectivity index (χ3v) is 3.26. The number of carboxylic acids is 1.